The van der Waals surface area contributed by atoms with E-state index >= 15 is 0 Å². The van der Waals surface area contributed by atoms with Crippen LogP contribution < -0.4 is 5.73 Å². The van der Waals surface area contributed by atoms with Crippen LogP contribution in [-0.2, 0) is 6.54 Å². The molecular weight excluding hydrogens is 166 g/mol. The number of nitrogen functional groups attached to an aromatic ring is 1. The van der Waals surface area contributed by atoms with Gasteiger partial charge in [-0.3, -0.25) is 4.68 Å². The number of aromatic nitrogens is 2. The summed E-state index contributed by atoms with van der Waals surface area (Å²) in [6.07, 6.45) is 1.61. The fourth-order valence-electron chi connectivity index (χ4n) is 1.98. The maximum Gasteiger partial charge on any atom is 0.145 e. The fraction of sp³-hybridized carbons (Fsp3) is 0.667. The molecule has 0 radical (unpaired) electrons. The molecule has 0 aromatic carbocycles. The summed E-state index contributed by atoms with van der Waals surface area (Å²) in [5, 5.41) is 14.0. The molecule has 2 atom stereocenters. The van der Waals surface area contributed by atoms with Crippen molar-refractivity contribution in [1.29, 1.82) is 0 Å². The second-order valence-electron chi connectivity index (χ2n) is 3.62. The number of aliphatic hydroxyl groups excluding tert-OH is 1. The fourth-order valence-corrected chi connectivity index (χ4v) is 1.98. The van der Waals surface area contributed by atoms with Crippen LogP contribution in [0.2, 0.25) is 0 Å². The van der Waals surface area contributed by atoms with Crippen molar-refractivity contribution in [2.24, 2.45) is 5.92 Å². The topological polar surface area (TPSA) is 64.1 Å². The molecule has 1 aliphatic rings. The third-order valence-electron chi connectivity index (χ3n) is 2.82. The summed E-state index contributed by atoms with van der Waals surface area (Å²) in [5.41, 5.74) is 6.44. The van der Waals surface area contributed by atoms with Gasteiger partial charge in [-0.05, 0) is 12.3 Å². The van der Waals surface area contributed by atoms with Crippen molar-refractivity contribution >= 4 is 5.82 Å². The standard InChI is InChI=1S/C9H15N3O/c1-2-6-3-4-12-7(9(6)13)5-8(10)11-12/h5-6,9,13H,2-4H2,1H3,(H2,10,11). The average Bonchev–Trinajstić information content (AvgIpc) is 2.47. The number of rotatable bonds is 1. The van der Waals surface area contributed by atoms with Crippen molar-refractivity contribution in [2.45, 2.75) is 32.4 Å². The van der Waals surface area contributed by atoms with E-state index in [0.717, 1.165) is 25.1 Å². The normalized spacial score (nSPS) is 27.2. The summed E-state index contributed by atoms with van der Waals surface area (Å²) in [4.78, 5) is 0. The first kappa shape index (κ1) is 8.56. The monoisotopic (exact) mass is 181 g/mol. The zero-order chi connectivity index (χ0) is 9.42. The van der Waals surface area contributed by atoms with Crippen LogP contribution in [0.15, 0.2) is 6.07 Å². The molecule has 4 nitrogen and oxygen atoms in total. The molecule has 72 valence electrons. The van der Waals surface area contributed by atoms with E-state index in [1.54, 1.807) is 6.07 Å². The minimum Gasteiger partial charge on any atom is -0.387 e. The smallest absolute Gasteiger partial charge is 0.145 e. The lowest BCUT2D eigenvalue weighted by Crippen LogP contribution is -2.24. The SMILES string of the molecule is CCC1CCn2nc(N)cc2C1O. The second kappa shape index (κ2) is 3.03. The first-order valence-electron chi connectivity index (χ1n) is 4.73. The molecule has 0 saturated carbocycles. The van der Waals surface area contributed by atoms with Crippen LogP contribution in [0.5, 0.6) is 0 Å². The minimum absolute atomic E-state index is 0.364. The number of nitrogens with zero attached hydrogens (tertiary/aromatic N) is 2. The Morgan fingerprint density at radius 1 is 1.77 bits per heavy atom. The summed E-state index contributed by atoms with van der Waals surface area (Å²) in [6, 6.07) is 1.77. The molecule has 1 aromatic heterocycles. The van der Waals surface area contributed by atoms with E-state index in [1.165, 1.54) is 0 Å². The molecule has 13 heavy (non-hydrogen) atoms. The van der Waals surface area contributed by atoms with Crippen LogP contribution in [0.4, 0.5) is 5.82 Å². The van der Waals surface area contributed by atoms with Crippen molar-refractivity contribution in [3.05, 3.63) is 11.8 Å². The Balaban J connectivity index is 2.33. The molecule has 3 N–H and O–H groups in total. The van der Waals surface area contributed by atoms with Gasteiger partial charge in [-0.15, -0.1) is 0 Å². The van der Waals surface area contributed by atoms with Gasteiger partial charge in [-0.1, -0.05) is 13.3 Å². The van der Waals surface area contributed by atoms with Gasteiger partial charge >= 0.3 is 0 Å². The van der Waals surface area contributed by atoms with Gasteiger partial charge in [0.25, 0.3) is 0 Å². The zero-order valence-corrected chi connectivity index (χ0v) is 7.77. The van der Waals surface area contributed by atoms with Crippen LogP contribution >= 0.6 is 0 Å². The van der Waals surface area contributed by atoms with Crippen molar-refractivity contribution < 1.29 is 5.11 Å². The Labute approximate surface area is 77.4 Å². The number of aryl methyl sites for hydroxylation is 1. The van der Waals surface area contributed by atoms with Crippen molar-refractivity contribution in [1.82, 2.24) is 9.78 Å². The molecule has 0 bridgehead atoms. The molecule has 2 unspecified atom stereocenters. The van der Waals surface area contributed by atoms with E-state index in [9.17, 15) is 5.11 Å². The van der Waals surface area contributed by atoms with Gasteiger partial charge in [0.2, 0.25) is 0 Å². The van der Waals surface area contributed by atoms with E-state index in [4.69, 9.17) is 5.73 Å². The summed E-state index contributed by atoms with van der Waals surface area (Å²) in [7, 11) is 0. The third-order valence-corrected chi connectivity index (χ3v) is 2.82. The van der Waals surface area contributed by atoms with E-state index in [2.05, 4.69) is 12.0 Å². The second-order valence-corrected chi connectivity index (χ2v) is 3.62. The number of hydrogen-bond donors (Lipinski definition) is 2. The Morgan fingerprint density at radius 2 is 2.54 bits per heavy atom. The lowest BCUT2D eigenvalue weighted by molar-refractivity contribution is 0.0708. The van der Waals surface area contributed by atoms with E-state index in [0.29, 0.717) is 11.7 Å². The first-order chi connectivity index (χ1) is 6.22. The Bertz CT molecular complexity index is 308. The predicted molar refractivity (Wildman–Crippen MR) is 50.0 cm³/mol. The lowest BCUT2D eigenvalue weighted by Gasteiger charge is -2.27. The highest BCUT2D eigenvalue weighted by atomic mass is 16.3. The maximum atomic E-state index is 9.92. The van der Waals surface area contributed by atoms with Crippen LogP contribution in [0.25, 0.3) is 0 Å². The summed E-state index contributed by atoms with van der Waals surface area (Å²) < 4.78 is 1.81. The predicted octanol–water partition coefficient (Wildman–Crippen LogP) is 0.929. The summed E-state index contributed by atoms with van der Waals surface area (Å²) in [6.45, 7) is 2.98. The van der Waals surface area contributed by atoms with Gasteiger partial charge < -0.3 is 10.8 Å². The van der Waals surface area contributed by atoms with E-state index in [-0.39, 0.29) is 6.10 Å². The Kier molecular flexibility index (Phi) is 2.00. The molecule has 0 aliphatic carbocycles. The molecule has 0 spiro atoms. The van der Waals surface area contributed by atoms with Gasteiger partial charge in [0.15, 0.2) is 0 Å². The van der Waals surface area contributed by atoms with Gasteiger partial charge in [-0.2, -0.15) is 5.10 Å². The molecule has 2 rings (SSSR count). The number of nitrogens with two attached hydrogens (primary N) is 1. The minimum atomic E-state index is -0.386. The van der Waals surface area contributed by atoms with E-state index in [1.807, 2.05) is 4.68 Å². The van der Waals surface area contributed by atoms with Gasteiger partial charge in [0.05, 0.1) is 11.8 Å². The van der Waals surface area contributed by atoms with E-state index < -0.39 is 0 Å². The highest BCUT2D eigenvalue weighted by Crippen LogP contribution is 2.32. The molecule has 2 heterocycles. The van der Waals surface area contributed by atoms with Crippen molar-refractivity contribution in [3.63, 3.8) is 0 Å². The highest BCUT2D eigenvalue weighted by Gasteiger charge is 2.27. The molecular formula is C9H15N3O. The molecule has 1 aromatic rings. The Morgan fingerprint density at radius 3 is 3.23 bits per heavy atom. The number of anilines is 1. The average molecular weight is 181 g/mol. The number of hydrogen-bond acceptors (Lipinski definition) is 3. The van der Waals surface area contributed by atoms with Crippen LogP contribution in [-0.4, -0.2) is 14.9 Å². The summed E-state index contributed by atoms with van der Waals surface area (Å²) in [5.74, 6) is 0.870. The quantitative estimate of drug-likeness (QED) is 0.677. The molecule has 1 aliphatic heterocycles. The Hall–Kier alpha value is -1.03. The highest BCUT2D eigenvalue weighted by molar-refractivity contribution is 5.31. The van der Waals surface area contributed by atoms with Crippen molar-refractivity contribution in [2.75, 3.05) is 5.73 Å². The van der Waals surface area contributed by atoms with Crippen LogP contribution in [0.1, 0.15) is 31.6 Å². The van der Waals surface area contributed by atoms with Crippen molar-refractivity contribution in [3.8, 4) is 0 Å². The molecule has 0 fully saturated rings. The zero-order valence-electron chi connectivity index (χ0n) is 7.77. The molecule has 0 amide bonds. The number of fused-ring (bicyclic) bond motifs is 1. The summed E-state index contributed by atoms with van der Waals surface area (Å²) >= 11 is 0. The third kappa shape index (κ3) is 1.31. The van der Waals surface area contributed by atoms with Gasteiger partial charge in [-0.25, -0.2) is 0 Å². The van der Waals surface area contributed by atoms with Crippen LogP contribution in [0.3, 0.4) is 0 Å². The molecule has 4 heteroatoms. The molecule has 0 saturated heterocycles. The largest absolute Gasteiger partial charge is 0.387 e. The lowest BCUT2D eigenvalue weighted by atomic mass is 9.91. The van der Waals surface area contributed by atoms with Gasteiger partial charge in [0.1, 0.15) is 5.82 Å². The van der Waals surface area contributed by atoms with Gasteiger partial charge in [0, 0.05) is 12.6 Å². The first-order valence-corrected chi connectivity index (χ1v) is 4.73. The maximum absolute atomic E-state index is 9.92. The number of aliphatic hydroxyl groups is 1. The van der Waals surface area contributed by atoms with Crippen LogP contribution in [0, 0.1) is 5.92 Å².